The lowest BCUT2D eigenvalue weighted by molar-refractivity contribution is -0.119. The van der Waals surface area contributed by atoms with Gasteiger partial charge in [0.1, 0.15) is 11.5 Å². The molecule has 1 saturated carbocycles. The second-order valence-electron chi connectivity index (χ2n) is 6.29. The highest BCUT2D eigenvalue weighted by atomic mass is 32.2. The molecular formula is C14H25N5O3S. The Morgan fingerprint density at radius 1 is 1.35 bits per heavy atom. The molecule has 8 nitrogen and oxygen atoms in total. The molecule has 2 atom stereocenters. The van der Waals surface area contributed by atoms with Crippen LogP contribution in [0.4, 0.5) is 0 Å². The van der Waals surface area contributed by atoms with Crippen molar-refractivity contribution in [2.24, 2.45) is 5.92 Å². The van der Waals surface area contributed by atoms with E-state index in [1.165, 1.54) is 11.1 Å². The summed E-state index contributed by atoms with van der Waals surface area (Å²) in [6.07, 6.45) is 5.04. The number of nitrogens with zero attached hydrogens (tertiary/aromatic N) is 4. The van der Waals surface area contributed by atoms with Crippen LogP contribution < -0.4 is 5.32 Å². The van der Waals surface area contributed by atoms with Crippen LogP contribution in [-0.4, -0.2) is 46.3 Å². The largest absolute Gasteiger partial charge is 0.352 e. The van der Waals surface area contributed by atoms with Crippen molar-refractivity contribution in [2.75, 3.05) is 5.75 Å². The van der Waals surface area contributed by atoms with E-state index in [-0.39, 0.29) is 17.6 Å². The van der Waals surface area contributed by atoms with Crippen molar-refractivity contribution in [1.29, 1.82) is 0 Å². The number of hydrogen-bond donors (Lipinski definition) is 1. The van der Waals surface area contributed by atoms with Gasteiger partial charge in [-0.2, -0.15) is 0 Å². The van der Waals surface area contributed by atoms with Crippen LogP contribution in [0.1, 0.15) is 51.8 Å². The zero-order chi connectivity index (χ0) is 16.9. The van der Waals surface area contributed by atoms with E-state index in [2.05, 4.69) is 27.8 Å². The first-order chi connectivity index (χ1) is 10.9. The SMILES string of the molecule is CCCn1nnnc1CS(=O)(=O)CC(=O)N[C@H]1CCCC[C@@H]1C. The summed E-state index contributed by atoms with van der Waals surface area (Å²) in [6, 6.07) is 0.0804. The number of carbonyl (C=O) groups excluding carboxylic acids is 1. The number of amides is 1. The van der Waals surface area contributed by atoms with Crippen LogP contribution >= 0.6 is 0 Å². The molecule has 2 rings (SSSR count). The minimum Gasteiger partial charge on any atom is -0.352 e. The number of carbonyl (C=O) groups is 1. The predicted molar refractivity (Wildman–Crippen MR) is 85.2 cm³/mol. The van der Waals surface area contributed by atoms with Crippen molar-refractivity contribution in [1.82, 2.24) is 25.5 Å². The van der Waals surface area contributed by atoms with Gasteiger partial charge in [0, 0.05) is 12.6 Å². The smallest absolute Gasteiger partial charge is 0.235 e. The van der Waals surface area contributed by atoms with Crippen LogP contribution in [-0.2, 0) is 26.9 Å². The normalized spacial score (nSPS) is 22.0. The molecule has 130 valence electrons. The van der Waals surface area contributed by atoms with E-state index in [0.717, 1.165) is 25.7 Å². The summed E-state index contributed by atoms with van der Waals surface area (Å²) in [5.74, 6) is -0.584. The molecule has 1 aromatic rings. The highest BCUT2D eigenvalue weighted by Gasteiger charge is 2.26. The summed E-state index contributed by atoms with van der Waals surface area (Å²) in [4.78, 5) is 12.1. The van der Waals surface area contributed by atoms with Crippen molar-refractivity contribution in [3.63, 3.8) is 0 Å². The molecule has 0 radical (unpaired) electrons. The lowest BCUT2D eigenvalue weighted by atomic mass is 9.86. The van der Waals surface area contributed by atoms with Gasteiger partial charge >= 0.3 is 0 Å². The van der Waals surface area contributed by atoms with E-state index in [9.17, 15) is 13.2 Å². The summed E-state index contributed by atoms with van der Waals surface area (Å²) in [5.41, 5.74) is 0. The number of aryl methyl sites for hydroxylation is 1. The summed E-state index contributed by atoms with van der Waals surface area (Å²) < 4.78 is 25.9. The van der Waals surface area contributed by atoms with Crippen LogP contribution in [0, 0.1) is 5.92 Å². The third-order valence-electron chi connectivity index (χ3n) is 4.20. The topological polar surface area (TPSA) is 107 Å². The van der Waals surface area contributed by atoms with Gasteiger partial charge in [0.25, 0.3) is 0 Å². The molecule has 1 N–H and O–H groups in total. The first-order valence-corrected chi connectivity index (χ1v) is 9.98. The van der Waals surface area contributed by atoms with E-state index >= 15 is 0 Å². The summed E-state index contributed by atoms with van der Waals surface area (Å²) >= 11 is 0. The van der Waals surface area contributed by atoms with Crippen LogP contribution in [0.25, 0.3) is 0 Å². The molecule has 9 heteroatoms. The van der Waals surface area contributed by atoms with E-state index in [4.69, 9.17) is 0 Å². The molecule has 1 heterocycles. The van der Waals surface area contributed by atoms with E-state index < -0.39 is 21.5 Å². The van der Waals surface area contributed by atoms with E-state index in [1.54, 1.807) is 0 Å². The molecule has 0 spiro atoms. The van der Waals surface area contributed by atoms with Gasteiger partial charge in [-0.15, -0.1) is 5.10 Å². The Hall–Kier alpha value is -1.51. The molecule has 1 aliphatic rings. The number of rotatable bonds is 7. The Bertz CT molecular complexity index is 628. The fourth-order valence-electron chi connectivity index (χ4n) is 2.94. The number of hydrogen-bond acceptors (Lipinski definition) is 6. The standard InChI is InChI=1S/C14H25N5O3S/c1-3-8-19-13(16-17-18-19)9-23(21,22)10-14(20)15-12-7-5-4-6-11(12)2/h11-12H,3-10H2,1-2H3,(H,15,20)/t11-,12-/m0/s1. The van der Waals surface area contributed by atoms with Crippen molar-refractivity contribution < 1.29 is 13.2 Å². The molecule has 0 aliphatic heterocycles. The van der Waals surface area contributed by atoms with E-state index in [0.29, 0.717) is 12.5 Å². The number of sulfone groups is 1. The second kappa shape index (κ2) is 7.85. The summed E-state index contributed by atoms with van der Waals surface area (Å²) in [5, 5.41) is 13.9. The maximum atomic E-state index is 12.2. The molecule has 0 saturated heterocycles. The van der Waals surface area contributed by atoms with Crippen molar-refractivity contribution >= 4 is 15.7 Å². The fourth-order valence-corrected chi connectivity index (χ4v) is 4.12. The molecule has 0 unspecified atom stereocenters. The Kier molecular flexibility index (Phi) is 6.09. The molecule has 0 bridgehead atoms. The molecule has 0 aromatic carbocycles. The Morgan fingerprint density at radius 2 is 2.09 bits per heavy atom. The van der Waals surface area contributed by atoms with Crippen LogP contribution in [0.3, 0.4) is 0 Å². The number of nitrogens with one attached hydrogen (secondary N) is 1. The average Bonchev–Trinajstić information content (AvgIpc) is 2.87. The van der Waals surface area contributed by atoms with Gasteiger partial charge in [-0.25, -0.2) is 13.1 Å². The minimum atomic E-state index is -3.59. The molecule has 1 amide bonds. The zero-order valence-electron chi connectivity index (χ0n) is 13.7. The Labute approximate surface area is 136 Å². The van der Waals surface area contributed by atoms with Gasteiger partial charge in [0.15, 0.2) is 15.7 Å². The first kappa shape index (κ1) is 17.8. The summed E-state index contributed by atoms with van der Waals surface area (Å²) in [6.45, 7) is 4.61. The minimum absolute atomic E-state index is 0.0804. The third-order valence-corrected chi connectivity index (χ3v) is 5.60. The summed E-state index contributed by atoms with van der Waals surface area (Å²) in [7, 11) is -3.59. The zero-order valence-corrected chi connectivity index (χ0v) is 14.5. The molecule has 1 fully saturated rings. The van der Waals surface area contributed by atoms with Crippen molar-refractivity contribution in [2.45, 2.75) is 64.3 Å². The lowest BCUT2D eigenvalue weighted by Gasteiger charge is -2.29. The van der Waals surface area contributed by atoms with E-state index in [1.807, 2.05) is 6.92 Å². The van der Waals surface area contributed by atoms with Gasteiger partial charge in [-0.05, 0) is 35.6 Å². The van der Waals surface area contributed by atoms with Crippen molar-refractivity contribution in [3.05, 3.63) is 5.82 Å². The maximum absolute atomic E-state index is 12.2. The molecule has 1 aromatic heterocycles. The van der Waals surface area contributed by atoms with Crippen LogP contribution in [0.2, 0.25) is 0 Å². The van der Waals surface area contributed by atoms with Gasteiger partial charge in [-0.1, -0.05) is 26.7 Å². The number of tetrazole rings is 1. The second-order valence-corrected chi connectivity index (χ2v) is 8.35. The van der Waals surface area contributed by atoms with Crippen LogP contribution in [0.15, 0.2) is 0 Å². The fraction of sp³-hybridized carbons (Fsp3) is 0.857. The number of aromatic nitrogens is 4. The quantitative estimate of drug-likeness (QED) is 0.781. The Morgan fingerprint density at radius 3 is 2.78 bits per heavy atom. The highest BCUT2D eigenvalue weighted by Crippen LogP contribution is 2.23. The predicted octanol–water partition coefficient (Wildman–Crippen LogP) is 0.693. The van der Waals surface area contributed by atoms with Gasteiger partial charge in [0.2, 0.25) is 5.91 Å². The first-order valence-electron chi connectivity index (χ1n) is 8.16. The van der Waals surface area contributed by atoms with Crippen LogP contribution in [0.5, 0.6) is 0 Å². The lowest BCUT2D eigenvalue weighted by Crippen LogP contribution is -2.43. The maximum Gasteiger partial charge on any atom is 0.235 e. The monoisotopic (exact) mass is 343 g/mol. The molecule has 1 aliphatic carbocycles. The van der Waals surface area contributed by atoms with Gasteiger partial charge in [0.05, 0.1) is 0 Å². The average molecular weight is 343 g/mol. The van der Waals surface area contributed by atoms with Gasteiger partial charge in [-0.3, -0.25) is 4.79 Å². The Balaban J connectivity index is 1.92. The third kappa shape index (κ3) is 5.26. The highest BCUT2D eigenvalue weighted by molar-refractivity contribution is 7.91. The van der Waals surface area contributed by atoms with Crippen molar-refractivity contribution in [3.8, 4) is 0 Å². The van der Waals surface area contributed by atoms with Gasteiger partial charge < -0.3 is 5.32 Å². The molecule has 23 heavy (non-hydrogen) atoms. The molecular weight excluding hydrogens is 318 g/mol.